The fourth-order valence-corrected chi connectivity index (χ4v) is 5.89. The van der Waals surface area contributed by atoms with Crippen molar-refractivity contribution in [3.8, 4) is 17.2 Å². The molecule has 0 spiro atoms. The maximum atomic E-state index is 14.1. The minimum Gasteiger partial charge on any atom is -0.497 e. The quantitative estimate of drug-likeness (QED) is 0.335. The first-order valence-corrected chi connectivity index (χ1v) is 13.6. The first-order chi connectivity index (χ1) is 19.5. The molecule has 2 aliphatic heterocycles. The molecule has 0 amide bonds. The molecule has 6 rings (SSSR count). The van der Waals surface area contributed by atoms with Crippen molar-refractivity contribution < 1.29 is 23.7 Å². The second kappa shape index (κ2) is 10.5. The molecule has 0 bridgehead atoms. The molecule has 0 unspecified atom stereocenters. The molecule has 8 nitrogen and oxygen atoms in total. The van der Waals surface area contributed by atoms with Crippen molar-refractivity contribution in [3.05, 3.63) is 114 Å². The van der Waals surface area contributed by atoms with E-state index in [1.54, 1.807) is 18.6 Å². The number of esters is 1. The van der Waals surface area contributed by atoms with E-state index in [2.05, 4.69) is 0 Å². The molecule has 202 valence electrons. The first kappa shape index (κ1) is 25.6. The normalized spacial score (nSPS) is 16.0. The van der Waals surface area contributed by atoms with Crippen LogP contribution < -0.4 is 29.1 Å². The monoisotopic (exact) mass is 554 g/mol. The van der Waals surface area contributed by atoms with Gasteiger partial charge in [0.25, 0.3) is 5.56 Å². The standard InChI is InChI=1S/C31H26N2O6S/c1-4-37-30(35)26-27(19-8-6-5-7-9-19)32-31-33(28(26)20-10-12-22(36-3)13-11-20)29(34)25(40-31)16-21-15-24-23(14-18(21)2)38-17-39-24/h5-16,28H,4,17H2,1-3H3/b25-16-/t28-/m1/s1. The number of nitrogens with zero attached hydrogens (tertiary/aromatic N) is 2. The van der Waals surface area contributed by atoms with E-state index in [1.165, 1.54) is 11.3 Å². The Bertz CT molecular complexity index is 1820. The summed E-state index contributed by atoms with van der Waals surface area (Å²) in [4.78, 5) is 33.0. The van der Waals surface area contributed by atoms with E-state index < -0.39 is 12.0 Å². The number of carbonyl (C=O) groups is 1. The van der Waals surface area contributed by atoms with E-state index in [0.29, 0.717) is 37.9 Å². The molecule has 40 heavy (non-hydrogen) atoms. The van der Waals surface area contributed by atoms with Gasteiger partial charge in [0.2, 0.25) is 6.79 Å². The van der Waals surface area contributed by atoms with Gasteiger partial charge >= 0.3 is 5.97 Å². The van der Waals surface area contributed by atoms with Crippen LogP contribution in [0.4, 0.5) is 0 Å². The third kappa shape index (κ3) is 4.48. The minimum absolute atomic E-state index is 0.168. The molecule has 0 saturated carbocycles. The Morgan fingerprint density at radius 1 is 1.10 bits per heavy atom. The van der Waals surface area contributed by atoms with Crippen molar-refractivity contribution >= 4 is 29.1 Å². The van der Waals surface area contributed by atoms with Gasteiger partial charge in [0.1, 0.15) is 5.75 Å². The number of benzene rings is 3. The van der Waals surface area contributed by atoms with Crippen LogP contribution in [0.2, 0.25) is 0 Å². The molecule has 9 heteroatoms. The van der Waals surface area contributed by atoms with Crippen molar-refractivity contribution in [2.45, 2.75) is 19.9 Å². The minimum atomic E-state index is -0.753. The number of carbonyl (C=O) groups excluding carboxylic acids is 1. The molecule has 0 fully saturated rings. The Morgan fingerprint density at radius 2 is 1.82 bits per heavy atom. The summed E-state index contributed by atoms with van der Waals surface area (Å²) in [5.41, 5.74) is 3.80. The second-order valence-electron chi connectivity index (χ2n) is 9.27. The van der Waals surface area contributed by atoms with Crippen molar-refractivity contribution in [1.29, 1.82) is 0 Å². The summed E-state index contributed by atoms with van der Waals surface area (Å²) < 4.78 is 24.0. The number of hydrogen-bond donors (Lipinski definition) is 0. The zero-order valence-electron chi connectivity index (χ0n) is 22.2. The van der Waals surface area contributed by atoms with E-state index in [4.69, 9.17) is 23.9 Å². The fourth-order valence-electron chi connectivity index (χ4n) is 4.90. The molecule has 0 aliphatic carbocycles. The molecule has 0 radical (unpaired) electrons. The SMILES string of the molecule is CCOC(=O)C1=C(c2ccccc2)N=c2s/c(=C\c3cc4c(cc3C)OCO4)c(=O)n2[C@@H]1c1ccc(OC)cc1. The lowest BCUT2D eigenvalue weighted by molar-refractivity contribution is -0.138. The Balaban J connectivity index is 1.62. The summed E-state index contributed by atoms with van der Waals surface area (Å²) in [5, 5.41) is 0. The third-order valence-electron chi connectivity index (χ3n) is 6.85. The largest absolute Gasteiger partial charge is 0.497 e. The Kier molecular flexibility index (Phi) is 6.73. The van der Waals surface area contributed by atoms with Crippen molar-refractivity contribution in [2.75, 3.05) is 20.5 Å². The van der Waals surface area contributed by atoms with Crippen LogP contribution in [-0.2, 0) is 9.53 Å². The topological polar surface area (TPSA) is 88.4 Å². The molecule has 0 N–H and O–H groups in total. The van der Waals surface area contributed by atoms with Crippen molar-refractivity contribution in [2.24, 2.45) is 4.99 Å². The average Bonchev–Trinajstić information content (AvgIpc) is 3.56. The van der Waals surface area contributed by atoms with Crippen LogP contribution in [0.25, 0.3) is 11.8 Å². The van der Waals surface area contributed by atoms with Crippen LogP contribution in [0.1, 0.15) is 35.2 Å². The zero-order valence-corrected chi connectivity index (χ0v) is 23.0. The van der Waals surface area contributed by atoms with Crippen LogP contribution in [0.5, 0.6) is 17.2 Å². The van der Waals surface area contributed by atoms with Gasteiger partial charge in [-0.3, -0.25) is 9.36 Å². The lowest BCUT2D eigenvalue weighted by Gasteiger charge is -2.26. The molecular formula is C31H26N2O6S. The molecule has 4 aromatic rings. The van der Waals surface area contributed by atoms with Gasteiger partial charge in [0.05, 0.1) is 35.6 Å². The number of aromatic nitrogens is 1. The lowest BCUT2D eigenvalue weighted by atomic mass is 9.93. The Hall–Kier alpha value is -4.63. The molecule has 1 aromatic heterocycles. The van der Waals surface area contributed by atoms with E-state index in [9.17, 15) is 9.59 Å². The number of rotatable bonds is 6. The summed E-state index contributed by atoms with van der Waals surface area (Å²) in [7, 11) is 1.59. The van der Waals surface area contributed by atoms with Gasteiger partial charge in [-0.1, -0.05) is 53.8 Å². The highest BCUT2D eigenvalue weighted by Crippen LogP contribution is 2.36. The summed E-state index contributed by atoms with van der Waals surface area (Å²) in [5.74, 6) is 1.46. The van der Waals surface area contributed by atoms with Crippen LogP contribution in [0, 0.1) is 6.92 Å². The van der Waals surface area contributed by atoms with Gasteiger partial charge in [0, 0.05) is 5.56 Å². The molecule has 3 heterocycles. The van der Waals surface area contributed by atoms with Crippen LogP contribution in [-0.4, -0.2) is 31.0 Å². The smallest absolute Gasteiger partial charge is 0.338 e. The fraction of sp³-hybridized carbons (Fsp3) is 0.194. The zero-order chi connectivity index (χ0) is 27.8. The number of methoxy groups -OCH3 is 1. The van der Waals surface area contributed by atoms with Crippen LogP contribution in [0.15, 0.2) is 82.1 Å². The van der Waals surface area contributed by atoms with E-state index >= 15 is 0 Å². The summed E-state index contributed by atoms with van der Waals surface area (Å²) in [6.07, 6.45) is 1.84. The summed E-state index contributed by atoms with van der Waals surface area (Å²) >= 11 is 1.28. The molecular weight excluding hydrogens is 528 g/mol. The number of hydrogen-bond acceptors (Lipinski definition) is 8. The molecule has 1 atom stereocenters. The van der Waals surface area contributed by atoms with Gasteiger partial charge in [-0.15, -0.1) is 0 Å². The summed E-state index contributed by atoms with van der Waals surface area (Å²) in [6, 6.07) is 19.8. The number of aryl methyl sites for hydroxylation is 1. The predicted molar refractivity (Wildman–Crippen MR) is 151 cm³/mol. The van der Waals surface area contributed by atoms with Crippen LogP contribution >= 0.6 is 11.3 Å². The average molecular weight is 555 g/mol. The lowest BCUT2D eigenvalue weighted by Crippen LogP contribution is -2.40. The maximum absolute atomic E-state index is 14.1. The van der Waals surface area contributed by atoms with Crippen LogP contribution in [0.3, 0.4) is 0 Å². The van der Waals surface area contributed by atoms with Crippen molar-refractivity contribution in [1.82, 2.24) is 4.57 Å². The first-order valence-electron chi connectivity index (χ1n) is 12.8. The predicted octanol–water partition coefficient (Wildman–Crippen LogP) is 3.98. The number of fused-ring (bicyclic) bond motifs is 2. The summed E-state index contributed by atoms with van der Waals surface area (Å²) in [6.45, 7) is 4.07. The van der Waals surface area contributed by atoms with E-state index in [1.807, 2.05) is 79.7 Å². The molecule has 0 saturated heterocycles. The number of ether oxygens (including phenoxy) is 4. The molecule has 3 aromatic carbocycles. The maximum Gasteiger partial charge on any atom is 0.338 e. The van der Waals surface area contributed by atoms with Crippen molar-refractivity contribution in [3.63, 3.8) is 0 Å². The van der Waals surface area contributed by atoms with E-state index in [-0.39, 0.29) is 19.0 Å². The van der Waals surface area contributed by atoms with Gasteiger partial charge in [-0.2, -0.15) is 0 Å². The highest BCUT2D eigenvalue weighted by Gasteiger charge is 2.35. The van der Waals surface area contributed by atoms with Gasteiger partial charge in [-0.05, 0) is 60.9 Å². The third-order valence-corrected chi connectivity index (χ3v) is 7.84. The van der Waals surface area contributed by atoms with Gasteiger partial charge in [-0.25, -0.2) is 9.79 Å². The highest BCUT2D eigenvalue weighted by atomic mass is 32.1. The highest BCUT2D eigenvalue weighted by molar-refractivity contribution is 7.07. The second-order valence-corrected chi connectivity index (χ2v) is 10.3. The molecule has 2 aliphatic rings. The number of thiazole rings is 1. The Morgan fingerprint density at radius 3 is 2.52 bits per heavy atom. The van der Waals surface area contributed by atoms with Gasteiger partial charge in [0.15, 0.2) is 16.3 Å². The Labute approximate surface area is 234 Å². The van der Waals surface area contributed by atoms with E-state index in [0.717, 1.165) is 22.3 Å². The van der Waals surface area contributed by atoms with Gasteiger partial charge < -0.3 is 18.9 Å².